The summed E-state index contributed by atoms with van der Waals surface area (Å²) in [6, 6.07) is 0. The molecule has 0 aromatic heterocycles. The molecular weight excluding hydrogens is 1700 g/mol. The Morgan fingerprint density at radius 1 is 0.211 bits per heavy atom. The van der Waals surface area contributed by atoms with E-state index in [0.717, 1.165) is 199 Å². The molecule has 0 heterocycles. The van der Waals surface area contributed by atoms with Crippen LogP contribution in [0.3, 0.4) is 0 Å². The fraction of sp³-hybridized carbons (Fsp3) is 0.661. The van der Waals surface area contributed by atoms with E-state index in [1.165, 1.54) is 173 Å². The van der Waals surface area contributed by atoms with Gasteiger partial charge in [-0.05, 0) is 173 Å². The number of phosphoric ester groups is 2. The van der Waals surface area contributed by atoms with Crippen LogP contribution in [0.2, 0.25) is 0 Å². The highest BCUT2D eigenvalue weighted by Crippen LogP contribution is 2.45. The molecule has 4 N–H and O–H groups in total. The Kier molecular flexibility index (Phi) is 99.9. The van der Waals surface area contributed by atoms with Crippen LogP contribution in [-0.4, -0.2) is 95.9 Å². The van der Waals surface area contributed by atoms with Crippen molar-refractivity contribution in [2.75, 3.05) is 39.6 Å². The van der Waals surface area contributed by atoms with Crippen LogP contribution in [0, 0.1) is 0 Å². The average Bonchev–Trinajstić information content (AvgIpc) is 0.896. The normalized spacial score (nSPS) is 14.5. The topological polar surface area (TPSA) is 231 Å². The number of allylic oxidation sites excluding steroid dienone is 36. The number of carbonyl (C=O) groups excluding carboxylic acids is 3. The van der Waals surface area contributed by atoms with Gasteiger partial charge in [-0.1, -0.05) is 458 Å². The number of ether oxygens (including phenoxy) is 3. The van der Waals surface area contributed by atoms with Gasteiger partial charge in [0, 0.05) is 19.3 Å². The molecule has 133 heavy (non-hydrogen) atoms. The molecule has 0 aromatic carbocycles. The van der Waals surface area contributed by atoms with Crippen molar-refractivity contribution in [2.24, 2.45) is 0 Å². The van der Waals surface area contributed by atoms with Crippen LogP contribution in [0.1, 0.15) is 432 Å². The number of phosphoric acid groups is 2. The monoisotopic (exact) mass is 1890 g/mol. The maximum absolute atomic E-state index is 13.1. The van der Waals surface area contributed by atoms with Crippen molar-refractivity contribution in [1.82, 2.24) is 0 Å². The minimum absolute atomic E-state index is 0.0953. The Morgan fingerprint density at radius 2 is 0.376 bits per heavy atom. The van der Waals surface area contributed by atoms with Gasteiger partial charge in [0.1, 0.15) is 25.4 Å². The maximum Gasteiger partial charge on any atom is 0.472 e. The SMILES string of the molecule is CC/C=C\C/C=C\C/C=C\C/C=C\C/C=C\C/C=C\CCCCCCCCCCCCCCCCCCC(=O)OCC(O)COP(=O)(O)OCC(O)COP(=O)(O)OCC(COC(=O)CCCCCCCCCCCCCC/C=C\C/C=C\C/C=C\C/C=C\C/C=C\C/C=C\CC)OC(=O)CCCCCCCCCCCCCC/C=C\C/C=C\C/C=C\C/C=C\C/C=C\C/C=C\CC. The first-order valence-corrected chi connectivity index (χ1v) is 56.0. The molecule has 0 radical (unpaired) electrons. The second-order valence-corrected chi connectivity index (χ2v) is 37.8. The number of rotatable bonds is 99. The van der Waals surface area contributed by atoms with Crippen LogP contribution in [0.25, 0.3) is 0 Å². The second-order valence-electron chi connectivity index (χ2n) is 34.9. The van der Waals surface area contributed by atoms with Gasteiger partial charge in [-0.2, -0.15) is 0 Å². The van der Waals surface area contributed by atoms with Crippen molar-refractivity contribution < 1.29 is 75.8 Å². The number of aliphatic hydroxyl groups is 2. The molecule has 758 valence electrons. The first kappa shape index (κ1) is 127. The fourth-order valence-corrected chi connectivity index (χ4v) is 15.9. The third-order valence-electron chi connectivity index (χ3n) is 22.2. The number of hydrogen-bond donors (Lipinski definition) is 4. The van der Waals surface area contributed by atoms with Crippen LogP contribution >= 0.6 is 15.6 Å². The van der Waals surface area contributed by atoms with Crippen molar-refractivity contribution in [3.05, 3.63) is 219 Å². The quantitative estimate of drug-likeness (QED) is 0.0146. The molecule has 18 heteroatoms. The van der Waals surface area contributed by atoms with Crippen molar-refractivity contribution in [2.45, 2.75) is 450 Å². The Hall–Kier alpha value is -6.13. The molecule has 0 spiro atoms. The lowest BCUT2D eigenvalue weighted by molar-refractivity contribution is -0.161. The van der Waals surface area contributed by atoms with Crippen LogP contribution in [-0.2, 0) is 55.8 Å². The Bertz CT molecular complexity index is 3300. The standard InChI is InChI=1S/C115H192O16P2/c1-4-7-10-13-16-19-22-25-28-31-34-37-40-43-46-49-52-53-54-55-58-60-62-65-68-71-74-77-80-83-86-89-92-95-98-101-113(118)125-104-110(116)105-127-132(121,122)128-106-111(117)107-129-133(123,124)130-109-112(131-115(120)103-100-97-94-91-88-85-82-79-76-73-70-67-64-61-57-51-48-45-42-39-36-33-30-27-24-21-18-15-12-9-6-3)108-126-114(119)102-99-96-93-90-87-84-81-78-75-72-69-66-63-59-56-50-47-44-41-38-35-32-29-26-23-20-17-14-11-8-5-2/h7-12,16-21,25-30,34-39,43-48,52-53,56-57,59,61,110-112,116-117H,4-6,13-15,22-24,31-33,40-42,49-51,54-55,58,60,62-109H2,1-3H3,(H,121,122)(H,123,124)/b10-7-,11-8-,12-9-,19-16-,20-17-,21-18-,28-25-,29-26-,30-27-,37-34-,38-35-,39-36-,46-43-,47-44-,48-45-,53-52-,59-56-,61-57-. The molecule has 16 nitrogen and oxygen atoms in total. The summed E-state index contributed by atoms with van der Waals surface area (Å²) in [5, 5.41) is 20.8. The van der Waals surface area contributed by atoms with E-state index < -0.39 is 91.5 Å². The molecule has 0 bridgehead atoms. The summed E-state index contributed by atoms with van der Waals surface area (Å²) in [5.74, 6) is -1.57. The van der Waals surface area contributed by atoms with Gasteiger partial charge in [-0.15, -0.1) is 0 Å². The van der Waals surface area contributed by atoms with E-state index in [-0.39, 0.29) is 19.3 Å². The largest absolute Gasteiger partial charge is 0.472 e. The fourth-order valence-electron chi connectivity index (χ4n) is 14.3. The highest BCUT2D eigenvalue weighted by atomic mass is 31.2. The zero-order valence-corrected chi connectivity index (χ0v) is 85.9. The Balaban J connectivity index is 4.63. The number of unbranched alkanes of at least 4 members (excludes halogenated alkanes) is 40. The summed E-state index contributed by atoms with van der Waals surface area (Å²) in [6.07, 6.45) is 144. The predicted molar refractivity (Wildman–Crippen MR) is 564 cm³/mol. The van der Waals surface area contributed by atoms with Gasteiger partial charge >= 0.3 is 33.6 Å². The van der Waals surface area contributed by atoms with E-state index in [1.54, 1.807) is 0 Å². The Morgan fingerprint density at radius 3 is 0.594 bits per heavy atom. The van der Waals surface area contributed by atoms with Crippen molar-refractivity contribution in [1.29, 1.82) is 0 Å². The second kappa shape index (κ2) is 105. The lowest BCUT2D eigenvalue weighted by Crippen LogP contribution is -2.30. The van der Waals surface area contributed by atoms with Crippen molar-refractivity contribution in [3.63, 3.8) is 0 Å². The number of esters is 3. The number of hydrogen-bond acceptors (Lipinski definition) is 14. The van der Waals surface area contributed by atoms with E-state index in [9.17, 15) is 43.5 Å². The van der Waals surface area contributed by atoms with Crippen LogP contribution in [0.15, 0.2) is 219 Å². The first-order valence-electron chi connectivity index (χ1n) is 53.0. The number of aliphatic hydroxyl groups excluding tert-OH is 2. The Labute approximate surface area is 812 Å². The molecular formula is C115H192O16P2. The summed E-state index contributed by atoms with van der Waals surface area (Å²) in [5.41, 5.74) is 0. The lowest BCUT2D eigenvalue weighted by atomic mass is 10.0. The average molecular weight is 1890 g/mol. The van der Waals surface area contributed by atoms with Gasteiger partial charge in [0.2, 0.25) is 0 Å². The molecule has 0 aliphatic heterocycles. The van der Waals surface area contributed by atoms with Crippen LogP contribution < -0.4 is 0 Å². The van der Waals surface area contributed by atoms with Gasteiger partial charge in [0.15, 0.2) is 6.10 Å². The lowest BCUT2D eigenvalue weighted by Gasteiger charge is -2.21. The van der Waals surface area contributed by atoms with Gasteiger partial charge in [0.25, 0.3) is 0 Å². The van der Waals surface area contributed by atoms with E-state index in [1.807, 2.05) is 0 Å². The molecule has 0 aliphatic rings. The molecule has 0 rings (SSSR count). The highest BCUT2D eigenvalue weighted by Gasteiger charge is 2.30. The summed E-state index contributed by atoms with van der Waals surface area (Å²) >= 11 is 0. The zero-order chi connectivity index (χ0) is 96.4. The summed E-state index contributed by atoms with van der Waals surface area (Å²) < 4.78 is 61.8. The van der Waals surface area contributed by atoms with E-state index >= 15 is 0 Å². The van der Waals surface area contributed by atoms with Gasteiger partial charge in [-0.3, -0.25) is 32.5 Å². The van der Waals surface area contributed by atoms with Crippen LogP contribution in [0.5, 0.6) is 0 Å². The molecule has 5 unspecified atom stereocenters. The summed E-state index contributed by atoms with van der Waals surface area (Å²) in [6.45, 7) is 2.40. The van der Waals surface area contributed by atoms with Gasteiger partial charge in [-0.25, -0.2) is 9.13 Å². The highest BCUT2D eigenvalue weighted by molar-refractivity contribution is 7.47. The molecule has 0 saturated carbocycles. The summed E-state index contributed by atoms with van der Waals surface area (Å²) in [4.78, 5) is 59.3. The first-order chi connectivity index (χ1) is 65.2. The zero-order valence-electron chi connectivity index (χ0n) is 84.1. The predicted octanol–water partition coefficient (Wildman–Crippen LogP) is 34.0. The molecule has 0 amide bonds. The van der Waals surface area contributed by atoms with Crippen LogP contribution in [0.4, 0.5) is 0 Å². The van der Waals surface area contributed by atoms with Gasteiger partial charge in [0.05, 0.1) is 26.4 Å². The third-order valence-corrected chi connectivity index (χ3v) is 24.1. The minimum atomic E-state index is -4.95. The molecule has 0 saturated heterocycles. The van der Waals surface area contributed by atoms with E-state index in [0.29, 0.717) is 19.3 Å². The van der Waals surface area contributed by atoms with Crippen molar-refractivity contribution in [3.8, 4) is 0 Å². The van der Waals surface area contributed by atoms with E-state index in [2.05, 4.69) is 240 Å². The smallest absolute Gasteiger partial charge is 0.463 e. The van der Waals surface area contributed by atoms with Crippen molar-refractivity contribution >= 4 is 33.6 Å². The molecule has 0 aliphatic carbocycles. The van der Waals surface area contributed by atoms with Gasteiger partial charge < -0.3 is 34.2 Å². The summed E-state index contributed by atoms with van der Waals surface area (Å²) in [7, 11) is -9.83. The molecule has 0 aromatic rings. The third kappa shape index (κ3) is 106. The maximum atomic E-state index is 13.1. The molecule has 0 fully saturated rings. The van der Waals surface area contributed by atoms with E-state index in [4.69, 9.17) is 32.3 Å². The molecule has 5 atom stereocenters. The minimum Gasteiger partial charge on any atom is -0.463 e. The number of carbonyl (C=O) groups is 3.